The smallest absolute Gasteiger partial charge is 0.133 e. The van der Waals surface area contributed by atoms with E-state index in [1.807, 2.05) is 6.92 Å². The molecule has 2 rings (SSSR count). The second kappa shape index (κ2) is 2.74. The zero-order valence-electron chi connectivity index (χ0n) is 7.73. The molecule has 2 fully saturated rings. The predicted molar refractivity (Wildman–Crippen MR) is 48.0 cm³/mol. The first kappa shape index (κ1) is 8.57. The average molecular weight is 179 g/mol. The molecule has 0 spiro atoms. The van der Waals surface area contributed by atoms with Crippen LogP contribution in [0.3, 0.4) is 0 Å². The molecule has 0 radical (unpaired) electrons. The molecule has 0 bridgehead atoms. The van der Waals surface area contributed by atoms with E-state index in [2.05, 4.69) is 10.0 Å². The van der Waals surface area contributed by atoms with Crippen molar-refractivity contribution < 1.29 is 4.79 Å². The SMILES string of the molecule is C[C@@]1(N=[N+]=[N-])C[C@H]2CC(=O)C[C@H]2C1. The quantitative estimate of drug-likeness (QED) is 0.346. The second-order valence-corrected chi connectivity index (χ2v) is 4.56. The summed E-state index contributed by atoms with van der Waals surface area (Å²) in [6.45, 7) is 2.00. The summed E-state index contributed by atoms with van der Waals surface area (Å²) in [5.74, 6) is 1.36. The van der Waals surface area contributed by atoms with Gasteiger partial charge in [0.15, 0.2) is 0 Å². The predicted octanol–water partition coefficient (Wildman–Crippen LogP) is 2.44. The highest BCUT2D eigenvalue weighted by Gasteiger charge is 2.46. The Bertz CT molecular complexity index is 277. The van der Waals surface area contributed by atoms with Crippen LogP contribution in [0.25, 0.3) is 10.4 Å². The van der Waals surface area contributed by atoms with E-state index < -0.39 is 0 Å². The van der Waals surface area contributed by atoms with Gasteiger partial charge in [0.1, 0.15) is 5.78 Å². The van der Waals surface area contributed by atoms with Gasteiger partial charge in [-0.2, -0.15) is 0 Å². The number of azide groups is 1. The van der Waals surface area contributed by atoms with Crippen LogP contribution in [0.4, 0.5) is 0 Å². The first-order chi connectivity index (χ1) is 6.13. The average Bonchev–Trinajstić information content (AvgIpc) is 2.41. The Hall–Kier alpha value is -1.02. The van der Waals surface area contributed by atoms with Gasteiger partial charge in [-0.05, 0) is 30.2 Å². The monoisotopic (exact) mass is 179 g/mol. The van der Waals surface area contributed by atoms with E-state index in [1.54, 1.807) is 0 Å². The Morgan fingerprint density at radius 2 is 2.00 bits per heavy atom. The lowest BCUT2D eigenvalue weighted by molar-refractivity contribution is -0.117. The molecular weight excluding hydrogens is 166 g/mol. The Kier molecular flexibility index (Phi) is 1.81. The van der Waals surface area contributed by atoms with Gasteiger partial charge in [-0.3, -0.25) is 4.79 Å². The van der Waals surface area contributed by atoms with Crippen LogP contribution in [0, 0.1) is 11.8 Å². The van der Waals surface area contributed by atoms with Crippen LogP contribution in [0.2, 0.25) is 0 Å². The van der Waals surface area contributed by atoms with Crippen molar-refractivity contribution in [1.29, 1.82) is 0 Å². The molecule has 2 saturated carbocycles. The molecule has 2 aliphatic carbocycles. The molecule has 0 aromatic rings. The van der Waals surface area contributed by atoms with E-state index in [9.17, 15) is 4.79 Å². The van der Waals surface area contributed by atoms with Crippen molar-refractivity contribution in [2.75, 3.05) is 0 Å². The highest BCUT2D eigenvalue weighted by Crippen LogP contribution is 2.48. The number of fused-ring (bicyclic) bond motifs is 1. The lowest BCUT2D eigenvalue weighted by Crippen LogP contribution is -2.17. The molecule has 0 saturated heterocycles. The van der Waals surface area contributed by atoms with E-state index in [0.29, 0.717) is 30.5 Å². The fourth-order valence-corrected chi connectivity index (χ4v) is 2.88. The Labute approximate surface area is 76.9 Å². The number of carbonyl (C=O) groups excluding carboxylic acids is 1. The minimum absolute atomic E-state index is 0.217. The number of ketones is 1. The standard InChI is InChI=1S/C9H13N3O/c1-9(11-12-10)4-6-2-8(13)3-7(6)5-9/h6-7H,2-5H2,1H3/t6-,7+,9-. The Balaban J connectivity index is 2.12. The fraction of sp³-hybridized carbons (Fsp3) is 0.889. The van der Waals surface area contributed by atoms with Gasteiger partial charge in [-0.1, -0.05) is 12.0 Å². The molecule has 4 heteroatoms. The maximum atomic E-state index is 11.1. The first-order valence-corrected chi connectivity index (χ1v) is 4.71. The highest BCUT2D eigenvalue weighted by atomic mass is 16.1. The molecule has 2 aliphatic rings. The highest BCUT2D eigenvalue weighted by molar-refractivity contribution is 5.81. The van der Waals surface area contributed by atoms with Gasteiger partial charge < -0.3 is 0 Å². The van der Waals surface area contributed by atoms with Gasteiger partial charge in [0, 0.05) is 23.3 Å². The topological polar surface area (TPSA) is 65.8 Å². The van der Waals surface area contributed by atoms with Crippen molar-refractivity contribution in [1.82, 2.24) is 0 Å². The van der Waals surface area contributed by atoms with Crippen LogP contribution < -0.4 is 0 Å². The number of hydrogen-bond acceptors (Lipinski definition) is 2. The summed E-state index contributed by atoms with van der Waals surface area (Å²) in [5, 5.41) is 3.83. The molecule has 0 N–H and O–H groups in total. The zero-order chi connectivity index (χ0) is 9.47. The fourth-order valence-electron chi connectivity index (χ4n) is 2.88. The van der Waals surface area contributed by atoms with Crippen molar-refractivity contribution in [3.8, 4) is 0 Å². The lowest BCUT2D eigenvalue weighted by Gasteiger charge is -2.16. The summed E-state index contributed by atoms with van der Waals surface area (Å²) in [7, 11) is 0. The molecule has 0 aromatic carbocycles. The Morgan fingerprint density at radius 3 is 2.46 bits per heavy atom. The maximum absolute atomic E-state index is 11.1. The molecule has 0 aliphatic heterocycles. The maximum Gasteiger partial charge on any atom is 0.133 e. The minimum atomic E-state index is -0.217. The van der Waals surface area contributed by atoms with Crippen molar-refractivity contribution in [3.05, 3.63) is 10.4 Å². The molecule has 0 amide bonds. The molecule has 4 nitrogen and oxygen atoms in total. The van der Waals surface area contributed by atoms with E-state index in [1.165, 1.54) is 0 Å². The summed E-state index contributed by atoms with van der Waals surface area (Å²) in [6.07, 6.45) is 3.21. The van der Waals surface area contributed by atoms with E-state index in [0.717, 1.165) is 12.8 Å². The van der Waals surface area contributed by atoms with Gasteiger partial charge in [-0.15, -0.1) is 0 Å². The molecule has 70 valence electrons. The third kappa shape index (κ3) is 1.42. The van der Waals surface area contributed by atoms with Crippen LogP contribution in [0.5, 0.6) is 0 Å². The summed E-state index contributed by atoms with van der Waals surface area (Å²) in [4.78, 5) is 14.0. The van der Waals surface area contributed by atoms with Gasteiger partial charge in [0.05, 0.1) is 0 Å². The van der Waals surface area contributed by atoms with Gasteiger partial charge in [-0.25, -0.2) is 0 Å². The Morgan fingerprint density at radius 1 is 1.46 bits per heavy atom. The van der Waals surface area contributed by atoms with Gasteiger partial charge in [0.2, 0.25) is 0 Å². The second-order valence-electron chi connectivity index (χ2n) is 4.56. The summed E-state index contributed by atoms with van der Waals surface area (Å²) >= 11 is 0. The number of hydrogen-bond donors (Lipinski definition) is 0. The van der Waals surface area contributed by atoms with E-state index >= 15 is 0 Å². The van der Waals surface area contributed by atoms with Crippen LogP contribution in [-0.4, -0.2) is 11.3 Å². The first-order valence-electron chi connectivity index (χ1n) is 4.71. The molecule has 0 unspecified atom stereocenters. The largest absolute Gasteiger partial charge is 0.300 e. The van der Waals surface area contributed by atoms with Crippen LogP contribution in [0.15, 0.2) is 5.11 Å². The van der Waals surface area contributed by atoms with Crippen LogP contribution in [0.1, 0.15) is 32.6 Å². The van der Waals surface area contributed by atoms with Gasteiger partial charge >= 0.3 is 0 Å². The summed E-state index contributed by atoms with van der Waals surface area (Å²) in [5.41, 5.74) is 8.18. The zero-order valence-corrected chi connectivity index (χ0v) is 7.73. The number of rotatable bonds is 1. The van der Waals surface area contributed by atoms with Crippen LogP contribution >= 0.6 is 0 Å². The van der Waals surface area contributed by atoms with E-state index in [4.69, 9.17) is 5.53 Å². The van der Waals surface area contributed by atoms with Crippen LogP contribution in [-0.2, 0) is 4.79 Å². The third-order valence-electron chi connectivity index (χ3n) is 3.34. The van der Waals surface area contributed by atoms with Crippen molar-refractivity contribution in [2.24, 2.45) is 17.0 Å². The lowest BCUT2D eigenvalue weighted by atomic mass is 9.97. The molecule has 0 heterocycles. The number of Topliss-reactive ketones (excluding diaryl/α,β-unsaturated/α-hetero) is 1. The third-order valence-corrected chi connectivity index (χ3v) is 3.34. The molecule has 13 heavy (non-hydrogen) atoms. The molecular formula is C9H13N3O. The van der Waals surface area contributed by atoms with Crippen molar-refractivity contribution in [3.63, 3.8) is 0 Å². The van der Waals surface area contributed by atoms with Crippen molar-refractivity contribution >= 4 is 5.78 Å². The number of carbonyl (C=O) groups is 1. The number of nitrogens with zero attached hydrogens (tertiary/aromatic N) is 3. The van der Waals surface area contributed by atoms with Gasteiger partial charge in [0.25, 0.3) is 0 Å². The minimum Gasteiger partial charge on any atom is -0.300 e. The molecule has 3 atom stereocenters. The normalized spacial score (nSPS) is 43.0. The van der Waals surface area contributed by atoms with E-state index in [-0.39, 0.29) is 5.54 Å². The molecule has 0 aromatic heterocycles. The van der Waals surface area contributed by atoms with Crippen molar-refractivity contribution in [2.45, 2.75) is 38.1 Å². The summed E-state index contributed by atoms with van der Waals surface area (Å²) < 4.78 is 0. The summed E-state index contributed by atoms with van der Waals surface area (Å²) in [6, 6.07) is 0.